The third-order valence-electron chi connectivity index (χ3n) is 3.80. The monoisotopic (exact) mass is 413 g/mol. The summed E-state index contributed by atoms with van der Waals surface area (Å²) in [5.74, 6) is -6.64. The van der Waals surface area contributed by atoms with E-state index in [1.807, 2.05) is 0 Å². The molecule has 0 aliphatic heterocycles. The molecule has 0 aliphatic rings. The molecule has 3 aromatic rings. The van der Waals surface area contributed by atoms with Crippen LogP contribution < -0.4 is 0 Å². The van der Waals surface area contributed by atoms with Gasteiger partial charge >= 0.3 is 24.2 Å². The smallest absolute Gasteiger partial charge is 0.459 e. The third-order valence-corrected chi connectivity index (χ3v) is 3.80. The molecule has 0 amide bonds. The number of ether oxygens (including phenoxy) is 1. The largest absolute Gasteiger partial charge is 0.464 e. The highest BCUT2D eigenvalue weighted by Crippen LogP contribution is 2.46. The average molecular weight is 413 g/mol. The zero-order valence-corrected chi connectivity index (χ0v) is 13.5. The van der Waals surface area contributed by atoms with Crippen molar-refractivity contribution < 1.29 is 44.7 Å². The SMILES string of the molecule is COC(=O)c1cc2c3nc(C(F)(F)C(F)(F)F)cc(C(F)(F)F)c3ccn2n1. The fourth-order valence-electron chi connectivity index (χ4n) is 2.49. The number of alkyl halides is 8. The van der Waals surface area contributed by atoms with Gasteiger partial charge in [0.15, 0.2) is 5.69 Å². The van der Waals surface area contributed by atoms with Crippen molar-refractivity contribution in [3.05, 3.63) is 41.3 Å². The third kappa shape index (κ3) is 2.99. The number of esters is 1. The Morgan fingerprint density at radius 2 is 1.71 bits per heavy atom. The molecule has 0 unspecified atom stereocenters. The van der Waals surface area contributed by atoms with E-state index in [0.717, 1.165) is 30.0 Å². The second kappa shape index (κ2) is 6.01. The molecule has 3 rings (SSSR count). The van der Waals surface area contributed by atoms with Crippen LogP contribution >= 0.6 is 0 Å². The van der Waals surface area contributed by atoms with Gasteiger partial charge in [-0.25, -0.2) is 14.3 Å². The first-order valence-corrected chi connectivity index (χ1v) is 7.21. The molecule has 3 heterocycles. The standard InChI is InChI=1S/C15H7F8N3O2/c1-28-12(27)8-5-9-11-6(2-3-26(9)25-8)7(14(18,19)20)4-10(24-11)13(16,17)15(21,22)23/h2-5H,1H3. The lowest BCUT2D eigenvalue weighted by Crippen LogP contribution is -2.35. The Bertz CT molecular complexity index is 1080. The molecule has 0 saturated heterocycles. The van der Waals surface area contributed by atoms with Crippen LogP contribution in [0, 0.1) is 0 Å². The lowest BCUT2D eigenvalue weighted by atomic mass is 10.0. The average Bonchev–Trinajstić information content (AvgIpc) is 3.02. The summed E-state index contributed by atoms with van der Waals surface area (Å²) < 4.78 is 111. The van der Waals surface area contributed by atoms with E-state index < -0.39 is 52.1 Å². The molecule has 150 valence electrons. The molecule has 0 fully saturated rings. The molecule has 0 atom stereocenters. The fourth-order valence-corrected chi connectivity index (χ4v) is 2.49. The number of methoxy groups -OCH3 is 1. The van der Waals surface area contributed by atoms with E-state index in [1.54, 1.807) is 0 Å². The predicted molar refractivity (Wildman–Crippen MR) is 76.8 cm³/mol. The van der Waals surface area contributed by atoms with E-state index in [-0.39, 0.29) is 11.6 Å². The fraction of sp³-hybridized carbons (Fsp3) is 0.267. The van der Waals surface area contributed by atoms with Gasteiger partial charge in [-0.15, -0.1) is 0 Å². The quantitative estimate of drug-likeness (QED) is 0.463. The van der Waals surface area contributed by atoms with Crippen molar-refractivity contribution in [1.82, 2.24) is 14.6 Å². The molecule has 0 saturated carbocycles. The van der Waals surface area contributed by atoms with Gasteiger partial charge in [0.2, 0.25) is 0 Å². The van der Waals surface area contributed by atoms with E-state index in [1.165, 1.54) is 0 Å². The molecule has 5 nitrogen and oxygen atoms in total. The molecule has 28 heavy (non-hydrogen) atoms. The minimum absolute atomic E-state index is 0.343. The summed E-state index contributed by atoms with van der Waals surface area (Å²) in [6.07, 6.45) is -10.4. The number of hydrogen-bond donors (Lipinski definition) is 0. The van der Waals surface area contributed by atoms with Crippen molar-refractivity contribution in [2.45, 2.75) is 18.3 Å². The molecule has 3 aromatic heterocycles. The van der Waals surface area contributed by atoms with Gasteiger partial charge in [0.05, 0.1) is 23.7 Å². The topological polar surface area (TPSA) is 56.5 Å². The van der Waals surface area contributed by atoms with Crippen molar-refractivity contribution in [3.63, 3.8) is 0 Å². The summed E-state index contributed by atoms with van der Waals surface area (Å²) in [5, 5.41) is 2.94. The molecule has 0 aliphatic carbocycles. The number of carbonyl (C=O) groups is 1. The summed E-state index contributed by atoms with van der Waals surface area (Å²) in [6.45, 7) is 0. The normalized spacial score (nSPS) is 13.3. The van der Waals surface area contributed by atoms with E-state index >= 15 is 0 Å². The summed E-state index contributed by atoms with van der Waals surface area (Å²) in [6, 6.07) is 1.32. The Labute approximate surface area is 149 Å². The number of carbonyl (C=O) groups excluding carboxylic acids is 1. The Morgan fingerprint density at radius 1 is 1.07 bits per heavy atom. The first-order valence-electron chi connectivity index (χ1n) is 7.21. The van der Waals surface area contributed by atoms with Gasteiger partial charge in [-0.3, -0.25) is 0 Å². The molecule has 0 spiro atoms. The number of fused-ring (bicyclic) bond motifs is 3. The highest BCUT2D eigenvalue weighted by Gasteiger charge is 2.60. The van der Waals surface area contributed by atoms with Crippen LogP contribution in [0.25, 0.3) is 16.4 Å². The van der Waals surface area contributed by atoms with Gasteiger partial charge < -0.3 is 4.74 Å². The maximum absolute atomic E-state index is 13.7. The van der Waals surface area contributed by atoms with Gasteiger partial charge in [0, 0.05) is 17.6 Å². The number of halogens is 8. The highest BCUT2D eigenvalue weighted by molar-refractivity contribution is 5.98. The van der Waals surface area contributed by atoms with Crippen molar-refractivity contribution >= 4 is 22.4 Å². The number of nitrogens with zero attached hydrogens (tertiary/aromatic N) is 3. The van der Waals surface area contributed by atoms with Crippen molar-refractivity contribution in [2.24, 2.45) is 0 Å². The van der Waals surface area contributed by atoms with E-state index in [0.29, 0.717) is 0 Å². The molecular formula is C15H7F8N3O2. The number of aromatic nitrogens is 3. The van der Waals surface area contributed by atoms with Gasteiger partial charge in [0.1, 0.15) is 5.69 Å². The summed E-state index contributed by atoms with van der Waals surface area (Å²) in [5.41, 5.74) is -5.49. The van der Waals surface area contributed by atoms with Crippen LogP contribution in [-0.4, -0.2) is 33.9 Å². The molecule has 13 heteroatoms. The molecule has 0 N–H and O–H groups in total. The Balaban J connectivity index is 2.43. The number of pyridine rings is 2. The first-order chi connectivity index (χ1) is 12.8. The van der Waals surface area contributed by atoms with Gasteiger partial charge in [-0.05, 0) is 12.1 Å². The maximum Gasteiger partial charge on any atom is 0.459 e. The lowest BCUT2D eigenvalue weighted by Gasteiger charge is -2.21. The second-order valence-electron chi connectivity index (χ2n) is 5.55. The van der Waals surface area contributed by atoms with Gasteiger partial charge in [0.25, 0.3) is 0 Å². The number of hydrogen-bond acceptors (Lipinski definition) is 4. The zero-order valence-electron chi connectivity index (χ0n) is 13.5. The molecule has 0 aromatic carbocycles. The van der Waals surface area contributed by atoms with Crippen molar-refractivity contribution in [1.29, 1.82) is 0 Å². The van der Waals surface area contributed by atoms with Crippen LogP contribution in [0.1, 0.15) is 21.7 Å². The van der Waals surface area contributed by atoms with E-state index in [4.69, 9.17) is 0 Å². The number of rotatable bonds is 2. The maximum atomic E-state index is 13.7. The molecule has 0 radical (unpaired) electrons. The van der Waals surface area contributed by atoms with Crippen LogP contribution in [0.2, 0.25) is 0 Å². The van der Waals surface area contributed by atoms with Crippen LogP contribution in [-0.2, 0) is 16.8 Å². The first kappa shape index (κ1) is 19.8. The van der Waals surface area contributed by atoms with E-state index in [2.05, 4.69) is 14.8 Å². The summed E-state index contributed by atoms with van der Waals surface area (Å²) in [7, 11) is 0.993. The zero-order chi connectivity index (χ0) is 21.1. The van der Waals surface area contributed by atoms with Crippen LogP contribution in [0.4, 0.5) is 35.1 Å². The van der Waals surface area contributed by atoms with Crippen molar-refractivity contribution in [3.8, 4) is 0 Å². The summed E-state index contributed by atoms with van der Waals surface area (Å²) in [4.78, 5) is 14.7. The lowest BCUT2D eigenvalue weighted by molar-refractivity contribution is -0.291. The Kier molecular flexibility index (Phi) is 4.24. The Morgan fingerprint density at radius 3 is 2.25 bits per heavy atom. The Hall–Kier alpha value is -2.99. The van der Waals surface area contributed by atoms with E-state index in [9.17, 15) is 39.9 Å². The van der Waals surface area contributed by atoms with Crippen LogP contribution in [0.15, 0.2) is 24.4 Å². The van der Waals surface area contributed by atoms with Crippen LogP contribution in [0.3, 0.4) is 0 Å². The molecule has 0 bridgehead atoms. The van der Waals surface area contributed by atoms with Crippen LogP contribution in [0.5, 0.6) is 0 Å². The minimum Gasteiger partial charge on any atom is -0.464 e. The molecular weight excluding hydrogens is 406 g/mol. The predicted octanol–water partition coefficient (Wildman–Crippen LogP) is 4.34. The van der Waals surface area contributed by atoms with Gasteiger partial charge in [-0.1, -0.05) is 0 Å². The minimum atomic E-state index is -6.17. The highest BCUT2D eigenvalue weighted by atomic mass is 19.4. The second-order valence-corrected chi connectivity index (χ2v) is 5.55. The summed E-state index contributed by atoms with van der Waals surface area (Å²) >= 11 is 0. The van der Waals surface area contributed by atoms with Crippen molar-refractivity contribution in [2.75, 3.05) is 7.11 Å². The van der Waals surface area contributed by atoms with Gasteiger partial charge in [-0.2, -0.15) is 40.2 Å².